The van der Waals surface area contributed by atoms with Gasteiger partial charge in [0.15, 0.2) is 16.8 Å². The molecule has 2 aliphatic heterocycles. The molecule has 0 aromatic heterocycles. The molecule has 0 unspecified atom stereocenters. The van der Waals surface area contributed by atoms with Crippen LogP contribution < -0.4 is 0 Å². The molecule has 2 aromatic carbocycles. The molecule has 7 heteroatoms. The quantitative estimate of drug-likeness (QED) is 0.505. The summed E-state index contributed by atoms with van der Waals surface area (Å²) in [5.41, 5.74) is 3.19. The summed E-state index contributed by atoms with van der Waals surface area (Å²) < 4.78 is 31.9. The number of aliphatic imine (C=N–C) groups is 1. The maximum Gasteiger partial charge on any atom is 0.164 e. The molecule has 0 radical (unpaired) electrons. The molecule has 1 saturated heterocycles. The van der Waals surface area contributed by atoms with Crippen LogP contribution in [0.25, 0.3) is 0 Å². The summed E-state index contributed by atoms with van der Waals surface area (Å²) in [5.74, 6) is -0.607. The Balaban J connectivity index is 1.12. The molecule has 2 aromatic rings. The van der Waals surface area contributed by atoms with Crippen molar-refractivity contribution in [3.05, 3.63) is 65.2 Å². The summed E-state index contributed by atoms with van der Waals surface area (Å²) in [4.78, 5) is 9.77. The highest BCUT2D eigenvalue weighted by Crippen LogP contribution is 2.32. The lowest BCUT2D eigenvalue weighted by Gasteiger charge is -2.38. The third-order valence-electron chi connectivity index (χ3n) is 6.25. The minimum absolute atomic E-state index is 0.529. The monoisotopic (exact) mass is 459 g/mol. The Morgan fingerprint density at radius 3 is 2.72 bits per heavy atom. The van der Waals surface area contributed by atoms with Gasteiger partial charge in [-0.05, 0) is 55.0 Å². The zero-order valence-corrected chi connectivity index (χ0v) is 19.4. The van der Waals surface area contributed by atoms with Gasteiger partial charge in [0.2, 0.25) is 0 Å². The molecular weight excluding hydrogens is 428 g/mol. The van der Waals surface area contributed by atoms with Crippen molar-refractivity contribution in [3.8, 4) is 0 Å². The number of thioether (sulfide) groups is 1. The molecule has 2 heterocycles. The predicted octanol–water partition coefficient (Wildman–Crippen LogP) is 5.24. The number of amidine groups is 1. The van der Waals surface area contributed by atoms with Gasteiger partial charge >= 0.3 is 0 Å². The van der Waals surface area contributed by atoms with E-state index in [4.69, 9.17) is 9.73 Å². The first-order chi connectivity index (χ1) is 15.6. The van der Waals surface area contributed by atoms with Gasteiger partial charge in [-0.2, -0.15) is 0 Å². The van der Waals surface area contributed by atoms with Crippen molar-refractivity contribution in [2.24, 2.45) is 4.99 Å². The van der Waals surface area contributed by atoms with E-state index in [0.29, 0.717) is 25.7 Å². The van der Waals surface area contributed by atoms with Crippen LogP contribution in [0.5, 0.6) is 0 Å². The molecular formula is C25H31F2N3OS. The highest BCUT2D eigenvalue weighted by atomic mass is 32.2. The molecule has 0 saturated carbocycles. The second kappa shape index (κ2) is 11.3. The van der Waals surface area contributed by atoms with Gasteiger partial charge in [0.1, 0.15) is 0 Å². The maximum atomic E-state index is 13.2. The zero-order valence-electron chi connectivity index (χ0n) is 18.6. The Morgan fingerprint density at radius 1 is 1.09 bits per heavy atom. The van der Waals surface area contributed by atoms with Gasteiger partial charge in [-0.25, -0.2) is 13.8 Å². The molecule has 0 bridgehead atoms. The highest BCUT2D eigenvalue weighted by Gasteiger charge is 2.26. The lowest BCUT2D eigenvalue weighted by Crippen LogP contribution is -2.45. The van der Waals surface area contributed by atoms with E-state index in [9.17, 15) is 8.78 Å². The highest BCUT2D eigenvalue weighted by molar-refractivity contribution is 8.13. The third kappa shape index (κ3) is 6.09. The maximum absolute atomic E-state index is 13.2. The zero-order chi connectivity index (χ0) is 22.3. The second-order valence-corrected chi connectivity index (χ2v) is 9.40. The van der Waals surface area contributed by atoms with E-state index in [1.165, 1.54) is 17.7 Å². The van der Waals surface area contributed by atoms with Crippen LogP contribution in [0, 0.1) is 11.6 Å². The standard InChI is InChI=1S/C25H31F2N3OS/c1-29(25-28-24-6-3-2-5-20(24)18-32-25)21-9-13-30(14-10-21)12-4-15-31-16-11-19-7-8-22(26)23(27)17-19/h2-3,5-8,17,21H,4,9-16,18H2,1H3. The SMILES string of the molecule is CN(C1=Nc2ccccc2CS1)C1CCN(CCCOCCc2ccc(F)c(F)c2)CC1. The first-order valence-electron chi connectivity index (χ1n) is 11.4. The fourth-order valence-electron chi connectivity index (χ4n) is 4.26. The van der Waals surface area contributed by atoms with Gasteiger partial charge in [-0.3, -0.25) is 0 Å². The molecule has 0 atom stereocenters. The number of halogens is 2. The molecule has 0 aliphatic carbocycles. The van der Waals surface area contributed by atoms with Gasteiger partial charge in [0.25, 0.3) is 0 Å². The minimum atomic E-state index is -0.805. The fraction of sp³-hybridized carbons (Fsp3) is 0.480. The van der Waals surface area contributed by atoms with Gasteiger partial charge < -0.3 is 14.5 Å². The van der Waals surface area contributed by atoms with Crippen molar-refractivity contribution in [1.82, 2.24) is 9.80 Å². The minimum Gasteiger partial charge on any atom is -0.381 e. The number of ether oxygens (including phenoxy) is 1. The van der Waals surface area contributed by atoms with E-state index in [2.05, 4.69) is 41.1 Å². The molecule has 32 heavy (non-hydrogen) atoms. The molecule has 4 rings (SSSR count). The van der Waals surface area contributed by atoms with Crippen LogP contribution in [-0.2, 0) is 16.9 Å². The summed E-state index contributed by atoms with van der Waals surface area (Å²) in [7, 11) is 2.18. The van der Waals surface area contributed by atoms with E-state index in [1.807, 2.05) is 11.8 Å². The molecule has 4 nitrogen and oxygen atoms in total. The molecule has 0 N–H and O–H groups in total. The Bertz CT molecular complexity index is 931. The van der Waals surface area contributed by atoms with Crippen molar-refractivity contribution < 1.29 is 13.5 Å². The summed E-state index contributed by atoms with van der Waals surface area (Å²) in [5, 5.41) is 1.14. The fourth-order valence-corrected chi connectivity index (χ4v) is 5.31. The number of likely N-dealkylation sites (tertiary alicyclic amines) is 1. The average Bonchev–Trinajstić information content (AvgIpc) is 2.83. The van der Waals surface area contributed by atoms with Crippen LogP contribution in [0.4, 0.5) is 14.5 Å². The molecule has 1 fully saturated rings. The van der Waals surface area contributed by atoms with Gasteiger partial charge in [0.05, 0.1) is 12.3 Å². The van der Waals surface area contributed by atoms with Crippen LogP contribution in [0.15, 0.2) is 47.5 Å². The summed E-state index contributed by atoms with van der Waals surface area (Å²) in [6, 6.07) is 13.0. The largest absolute Gasteiger partial charge is 0.381 e. The number of nitrogens with zero attached hydrogens (tertiary/aromatic N) is 3. The number of hydrogen-bond donors (Lipinski definition) is 0. The van der Waals surface area contributed by atoms with Gasteiger partial charge in [-0.1, -0.05) is 36.0 Å². The second-order valence-electron chi connectivity index (χ2n) is 8.46. The van der Waals surface area contributed by atoms with Crippen LogP contribution >= 0.6 is 11.8 Å². The smallest absolute Gasteiger partial charge is 0.164 e. The number of benzene rings is 2. The Hall–Kier alpha value is -1.96. The first-order valence-corrected chi connectivity index (χ1v) is 12.3. The van der Waals surface area contributed by atoms with E-state index < -0.39 is 11.6 Å². The number of piperidine rings is 1. The Morgan fingerprint density at radius 2 is 1.91 bits per heavy atom. The van der Waals surface area contributed by atoms with Crippen molar-refractivity contribution in [1.29, 1.82) is 0 Å². The van der Waals surface area contributed by atoms with E-state index in [0.717, 1.165) is 61.1 Å². The molecule has 0 spiro atoms. The number of rotatable bonds is 8. The third-order valence-corrected chi connectivity index (χ3v) is 7.35. The van der Waals surface area contributed by atoms with Crippen molar-refractivity contribution >= 4 is 22.6 Å². The lowest BCUT2D eigenvalue weighted by atomic mass is 10.0. The number of fused-ring (bicyclic) bond motifs is 1. The summed E-state index contributed by atoms with van der Waals surface area (Å²) in [6.45, 7) is 4.44. The Labute approximate surface area is 193 Å². The van der Waals surface area contributed by atoms with Crippen molar-refractivity contribution in [3.63, 3.8) is 0 Å². The average molecular weight is 460 g/mol. The van der Waals surface area contributed by atoms with Crippen LogP contribution in [0.1, 0.15) is 30.4 Å². The predicted molar refractivity (Wildman–Crippen MR) is 128 cm³/mol. The van der Waals surface area contributed by atoms with E-state index in [-0.39, 0.29) is 0 Å². The molecule has 0 amide bonds. The lowest BCUT2D eigenvalue weighted by molar-refractivity contribution is 0.111. The normalized spacial score (nSPS) is 17.2. The van der Waals surface area contributed by atoms with Crippen LogP contribution in [-0.4, -0.2) is 60.9 Å². The van der Waals surface area contributed by atoms with Gasteiger partial charge in [0, 0.05) is 45.1 Å². The van der Waals surface area contributed by atoms with Crippen molar-refractivity contribution in [2.45, 2.75) is 37.5 Å². The number of para-hydroxylation sites is 1. The topological polar surface area (TPSA) is 28.1 Å². The first kappa shape index (κ1) is 23.2. The van der Waals surface area contributed by atoms with E-state index in [1.54, 1.807) is 6.07 Å². The molecule has 172 valence electrons. The Kier molecular flexibility index (Phi) is 8.16. The number of hydrogen-bond acceptors (Lipinski definition) is 5. The van der Waals surface area contributed by atoms with Crippen molar-refractivity contribution in [2.75, 3.05) is 39.9 Å². The van der Waals surface area contributed by atoms with Crippen LogP contribution in [0.2, 0.25) is 0 Å². The van der Waals surface area contributed by atoms with Gasteiger partial charge in [-0.15, -0.1) is 0 Å². The summed E-state index contributed by atoms with van der Waals surface area (Å²) >= 11 is 1.84. The van der Waals surface area contributed by atoms with Crippen LogP contribution in [0.3, 0.4) is 0 Å². The molecule has 2 aliphatic rings. The summed E-state index contributed by atoms with van der Waals surface area (Å²) in [6.07, 6.45) is 3.88. The van der Waals surface area contributed by atoms with E-state index >= 15 is 0 Å².